The molecule has 3 aliphatic rings. The summed E-state index contributed by atoms with van der Waals surface area (Å²) in [5, 5.41) is 11.6. The number of halogens is 4. The summed E-state index contributed by atoms with van der Waals surface area (Å²) < 4.78 is 50.6. The Labute approximate surface area is 251 Å². The van der Waals surface area contributed by atoms with Crippen molar-refractivity contribution in [2.24, 2.45) is 5.92 Å². The number of ether oxygens (including phenoxy) is 1. The van der Waals surface area contributed by atoms with Gasteiger partial charge in [0, 0.05) is 42.5 Å². The monoisotopic (exact) mass is 616 g/mol. The van der Waals surface area contributed by atoms with E-state index in [-0.39, 0.29) is 29.6 Å². The molecule has 0 unspecified atom stereocenters. The molecule has 0 spiro atoms. The molecular weight excluding hydrogens is 584 g/mol. The number of nitrogens with zero attached hydrogens (tertiary/aromatic N) is 1. The van der Waals surface area contributed by atoms with Gasteiger partial charge in [0.25, 0.3) is 5.91 Å². The van der Waals surface area contributed by atoms with Gasteiger partial charge in [0.1, 0.15) is 24.9 Å². The van der Waals surface area contributed by atoms with Crippen LogP contribution < -0.4 is 10.4 Å². The predicted molar refractivity (Wildman–Crippen MR) is 151 cm³/mol. The smallest absolute Gasteiger partial charge is 0.430 e. The Morgan fingerprint density at radius 3 is 1.89 bits per heavy atom. The second kappa shape index (κ2) is 15.2. The first-order valence-corrected chi connectivity index (χ1v) is 13.8. The molecule has 1 N–H and O–H groups in total. The highest BCUT2D eigenvalue weighted by molar-refractivity contribution is 6.04. The van der Waals surface area contributed by atoms with E-state index in [1.807, 2.05) is 48.5 Å². The molecule has 234 valence electrons. The van der Waals surface area contributed by atoms with Gasteiger partial charge in [0.15, 0.2) is 6.10 Å². The number of amides is 1. The van der Waals surface area contributed by atoms with Crippen molar-refractivity contribution in [2.45, 2.75) is 32.0 Å². The van der Waals surface area contributed by atoms with Crippen LogP contribution in [0, 0.1) is 11.7 Å². The lowest BCUT2D eigenvalue weighted by molar-refractivity contribution is -0.938. The summed E-state index contributed by atoms with van der Waals surface area (Å²) in [4.78, 5) is 44.2. The number of benzene rings is 3. The number of carboxylic acids is 1. The number of rotatable bonds is 6. The molecule has 2 bridgehead atoms. The van der Waals surface area contributed by atoms with E-state index in [9.17, 15) is 31.9 Å². The van der Waals surface area contributed by atoms with Crippen molar-refractivity contribution in [2.75, 3.05) is 31.5 Å². The van der Waals surface area contributed by atoms with Crippen LogP contribution in [0.4, 0.5) is 23.2 Å². The number of fused-ring (bicyclic) bond motifs is 3. The molecule has 3 aromatic carbocycles. The van der Waals surface area contributed by atoms with Gasteiger partial charge in [-0.15, -0.1) is 0 Å². The van der Waals surface area contributed by atoms with Crippen molar-refractivity contribution in [3.05, 3.63) is 102 Å². The zero-order valence-corrected chi connectivity index (χ0v) is 23.9. The number of carbonyl (C=O) groups excluding carboxylic acids is 4. The second-order valence-corrected chi connectivity index (χ2v) is 10.5. The fourth-order valence-corrected chi connectivity index (χ4v) is 5.14. The van der Waals surface area contributed by atoms with Crippen LogP contribution in [0.15, 0.2) is 84.9 Å². The summed E-state index contributed by atoms with van der Waals surface area (Å²) in [6, 6.07) is 24.3. The predicted octanol–water partition coefficient (Wildman–Crippen LogP) is 4.42. The number of carboxylic acid groups (broad SMARTS) is 1. The summed E-state index contributed by atoms with van der Waals surface area (Å²) in [6.07, 6.45) is -3.27. The van der Waals surface area contributed by atoms with Crippen LogP contribution in [0.2, 0.25) is 0 Å². The van der Waals surface area contributed by atoms with E-state index >= 15 is 0 Å². The van der Waals surface area contributed by atoms with Gasteiger partial charge in [-0.25, -0.2) is 4.39 Å². The van der Waals surface area contributed by atoms with Crippen LogP contribution in [0.25, 0.3) is 0 Å². The zero-order valence-electron chi connectivity index (χ0n) is 23.9. The third kappa shape index (κ3) is 10.3. The molecule has 6 rings (SSSR count). The Morgan fingerprint density at radius 2 is 1.39 bits per heavy atom. The fraction of sp³-hybridized carbons (Fsp3) is 0.312. The number of nitrogens with one attached hydrogen (secondary N) is 1. The van der Waals surface area contributed by atoms with Gasteiger partial charge in [-0.2, -0.15) is 13.2 Å². The third-order valence-corrected chi connectivity index (χ3v) is 7.30. The molecular formula is C32H32F4N2O6. The van der Waals surface area contributed by atoms with Crippen LogP contribution >= 0.6 is 0 Å². The Morgan fingerprint density at radius 1 is 0.864 bits per heavy atom. The molecule has 3 saturated heterocycles. The Kier molecular flexibility index (Phi) is 11.7. The summed E-state index contributed by atoms with van der Waals surface area (Å²) in [7, 11) is 0. The van der Waals surface area contributed by atoms with Crippen molar-refractivity contribution in [3.8, 4) is 0 Å². The van der Waals surface area contributed by atoms with Crippen molar-refractivity contribution < 1.29 is 51.1 Å². The van der Waals surface area contributed by atoms with Crippen LogP contribution in [-0.4, -0.2) is 66.6 Å². The summed E-state index contributed by atoms with van der Waals surface area (Å²) >= 11 is 0. The van der Waals surface area contributed by atoms with Gasteiger partial charge in [-0.05, 0) is 48.5 Å². The average molecular weight is 617 g/mol. The topological polar surface area (TPSA) is 113 Å². The molecule has 3 aliphatic heterocycles. The van der Waals surface area contributed by atoms with E-state index in [4.69, 9.17) is 14.6 Å². The normalized spacial score (nSPS) is 20.1. The fourth-order valence-electron chi connectivity index (χ4n) is 5.14. The second-order valence-electron chi connectivity index (χ2n) is 10.5. The van der Waals surface area contributed by atoms with Crippen molar-refractivity contribution in [1.82, 2.24) is 0 Å². The number of carbonyl (C=O) groups is 4. The quantitative estimate of drug-likeness (QED) is 0.190. The lowest BCUT2D eigenvalue weighted by Gasteiger charge is -2.51. The largest absolute Gasteiger partial charge is 0.542 e. The minimum Gasteiger partial charge on any atom is -0.542 e. The lowest BCUT2D eigenvalue weighted by atomic mass is 9.83. The van der Waals surface area contributed by atoms with Crippen LogP contribution in [0.1, 0.15) is 40.5 Å². The van der Waals surface area contributed by atoms with Gasteiger partial charge in [-0.1, -0.05) is 36.4 Å². The van der Waals surface area contributed by atoms with E-state index < -0.39 is 12.1 Å². The van der Waals surface area contributed by atoms with E-state index in [0.29, 0.717) is 28.1 Å². The number of alkyl halides is 3. The van der Waals surface area contributed by atoms with E-state index in [1.165, 1.54) is 31.2 Å². The minimum absolute atomic E-state index is 0.0296. The molecule has 0 saturated carbocycles. The molecule has 3 fully saturated rings. The maximum absolute atomic E-state index is 13.0. The highest BCUT2D eigenvalue weighted by atomic mass is 19.4. The van der Waals surface area contributed by atoms with E-state index in [0.717, 1.165) is 38.2 Å². The number of quaternary nitrogens is 1. The molecule has 1 amide bonds. The molecule has 44 heavy (non-hydrogen) atoms. The van der Waals surface area contributed by atoms with Crippen LogP contribution in [-0.2, 0) is 14.3 Å². The molecule has 0 aromatic heterocycles. The maximum atomic E-state index is 13.0. The van der Waals surface area contributed by atoms with Gasteiger partial charge < -0.3 is 24.4 Å². The Bertz CT molecular complexity index is 1410. The summed E-state index contributed by atoms with van der Waals surface area (Å²) in [6.45, 7) is 4.46. The van der Waals surface area contributed by atoms with Crippen molar-refractivity contribution in [1.29, 1.82) is 0 Å². The first-order chi connectivity index (χ1) is 20.8. The first kappa shape index (κ1) is 33.9. The lowest BCUT2D eigenvalue weighted by Crippen LogP contribution is -2.65. The maximum Gasteiger partial charge on any atom is 0.430 e. The van der Waals surface area contributed by atoms with Crippen molar-refractivity contribution in [3.63, 3.8) is 0 Å². The number of Topliss-reactive ketones (excluding diaryl/α,β-unsaturated/α-hetero) is 1. The number of anilines is 1. The number of hydrogen-bond acceptors (Lipinski definition) is 6. The number of para-hydroxylation sites is 1. The standard InChI is InChI=1S/C17H21FNO3.C13H11NO.C2HF3O2/c1-12(20)22-17-11-19(8-6-14(17)7-9-19)10-16(21)13-2-4-15(18)5-3-13;15-13(11-7-3-1-4-8-11)14-12-9-5-2-6-10-12;3-2(4,5)1(6)7/h2-5,14,17H,6-11H2,1H3;1-10H,(H,14,15);(H,6,7)/q+1;;/p-1/t14?,17-,19?;;/m0../s1. The Balaban J connectivity index is 0.000000208. The van der Waals surface area contributed by atoms with Gasteiger partial charge in [-0.3, -0.25) is 14.4 Å². The van der Waals surface area contributed by atoms with Gasteiger partial charge in [0.05, 0.1) is 13.1 Å². The van der Waals surface area contributed by atoms with E-state index in [1.54, 1.807) is 12.1 Å². The average Bonchev–Trinajstić information content (AvgIpc) is 2.99. The summed E-state index contributed by atoms with van der Waals surface area (Å²) in [5.74, 6) is -3.21. The number of hydrogen-bond donors (Lipinski definition) is 1. The number of piperidine rings is 3. The molecule has 8 nitrogen and oxygen atoms in total. The number of esters is 1. The molecule has 3 heterocycles. The SMILES string of the molecule is CC(=O)O[C@H]1C[N+]2(CC(=O)c3ccc(F)cc3)CCC1CC2.O=C(Nc1ccccc1)c1ccccc1.O=C([O-])C(F)(F)F. The number of ketones is 1. The summed E-state index contributed by atoms with van der Waals surface area (Å²) in [5.41, 5.74) is 2.03. The Hall–Kier alpha value is -4.58. The van der Waals surface area contributed by atoms with Gasteiger partial charge >= 0.3 is 12.1 Å². The van der Waals surface area contributed by atoms with Crippen LogP contribution in [0.3, 0.4) is 0 Å². The minimum atomic E-state index is -5.19. The molecule has 0 aliphatic carbocycles. The molecule has 12 heteroatoms. The first-order valence-electron chi connectivity index (χ1n) is 13.8. The molecule has 3 aromatic rings. The number of aliphatic carboxylic acids is 1. The zero-order chi connectivity index (χ0) is 32.3. The van der Waals surface area contributed by atoms with Crippen LogP contribution in [0.5, 0.6) is 0 Å². The third-order valence-electron chi connectivity index (χ3n) is 7.30. The van der Waals surface area contributed by atoms with E-state index in [2.05, 4.69) is 5.32 Å². The van der Waals surface area contributed by atoms with Crippen molar-refractivity contribution >= 4 is 29.3 Å². The molecule has 1 atom stereocenters. The van der Waals surface area contributed by atoms with Gasteiger partial charge in [0.2, 0.25) is 5.78 Å². The highest BCUT2D eigenvalue weighted by Gasteiger charge is 2.48. The molecule has 0 radical (unpaired) electrons. The highest BCUT2D eigenvalue weighted by Crippen LogP contribution is 2.35.